The van der Waals surface area contributed by atoms with Gasteiger partial charge in [0.2, 0.25) is 5.91 Å². The quantitative estimate of drug-likeness (QED) is 0.344. The summed E-state index contributed by atoms with van der Waals surface area (Å²) in [6.07, 6.45) is 0. The fourth-order valence-electron chi connectivity index (χ4n) is 1.30. The Morgan fingerprint density at radius 2 is 2.11 bits per heavy atom. The van der Waals surface area contributed by atoms with Crippen LogP contribution < -0.4 is 11.1 Å². The Labute approximate surface area is 118 Å². The van der Waals surface area contributed by atoms with E-state index in [0.717, 1.165) is 0 Å². The Morgan fingerprint density at radius 1 is 1.53 bits per heavy atom. The lowest BCUT2D eigenvalue weighted by Gasteiger charge is -2.22. The number of rotatable bonds is 3. The van der Waals surface area contributed by atoms with Gasteiger partial charge in [-0.25, -0.2) is 4.39 Å². The Hall–Kier alpha value is -1.63. The van der Waals surface area contributed by atoms with Crippen LogP contribution in [-0.2, 0) is 4.79 Å². The highest BCUT2D eigenvalue weighted by Crippen LogP contribution is 2.26. The molecule has 104 valence electrons. The predicted octanol–water partition coefficient (Wildman–Crippen LogP) is 2.61. The van der Waals surface area contributed by atoms with E-state index in [1.54, 1.807) is 6.92 Å². The lowest BCUT2D eigenvalue weighted by atomic mass is 9.90. The molecule has 0 spiro atoms. The molecule has 0 aliphatic rings. The maximum absolute atomic E-state index is 13.3. The Morgan fingerprint density at radius 3 is 2.63 bits per heavy atom. The van der Waals surface area contributed by atoms with Crippen LogP contribution in [0.2, 0.25) is 0 Å². The van der Waals surface area contributed by atoms with Crippen molar-refractivity contribution >= 4 is 33.4 Å². The number of nitrogens with two attached hydrogens (primary N) is 1. The molecule has 0 aromatic heterocycles. The lowest BCUT2D eigenvalue weighted by Crippen LogP contribution is -2.42. The van der Waals surface area contributed by atoms with Gasteiger partial charge in [-0.1, -0.05) is 5.16 Å². The highest BCUT2D eigenvalue weighted by molar-refractivity contribution is 9.10. The van der Waals surface area contributed by atoms with Gasteiger partial charge < -0.3 is 16.3 Å². The average Bonchev–Trinajstić information content (AvgIpc) is 2.34. The highest BCUT2D eigenvalue weighted by Gasteiger charge is 2.33. The molecule has 1 rings (SSSR count). The standard InChI is InChI=1S/C12H15BrFN3O2/c1-6-4-8(14)7(13)5-9(6)16-11(18)12(2,3)10(15)17-19/h4-5,19H,1-3H3,(H2,15,17)(H,16,18). The Bertz CT molecular complexity index is 544. The summed E-state index contributed by atoms with van der Waals surface area (Å²) in [6.45, 7) is 4.71. The molecule has 0 aliphatic heterocycles. The number of aryl methyl sites for hydroxylation is 1. The number of amidine groups is 1. The summed E-state index contributed by atoms with van der Waals surface area (Å²) < 4.78 is 13.5. The summed E-state index contributed by atoms with van der Waals surface area (Å²) in [7, 11) is 0. The molecule has 1 aromatic carbocycles. The fraction of sp³-hybridized carbons (Fsp3) is 0.333. The van der Waals surface area contributed by atoms with E-state index in [4.69, 9.17) is 10.9 Å². The zero-order chi connectivity index (χ0) is 14.8. The van der Waals surface area contributed by atoms with E-state index in [2.05, 4.69) is 26.4 Å². The number of anilines is 1. The summed E-state index contributed by atoms with van der Waals surface area (Å²) in [4.78, 5) is 12.1. The zero-order valence-electron chi connectivity index (χ0n) is 10.8. The molecule has 7 heteroatoms. The summed E-state index contributed by atoms with van der Waals surface area (Å²) in [6, 6.07) is 2.76. The molecule has 0 unspecified atom stereocenters. The largest absolute Gasteiger partial charge is 0.409 e. The maximum atomic E-state index is 13.3. The van der Waals surface area contributed by atoms with Crippen LogP contribution in [0.15, 0.2) is 21.8 Å². The van der Waals surface area contributed by atoms with Crippen molar-refractivity contribution in [3.8, 4) is 0 Å². The van der Waals surface area contributed by atoms with E-state index in [9.17, 15) is 9.18 Å². The van der Waals surface area contributed by atoms with Crippen molar-refractivity contribution in [2.75, 3.05) is 5.32 Å². The molecule has 0 saturated heterocycles. The number of hydrogen-bond acceptors (Lipinski definition) is 3. The van der Waals surface area contributed by atoms with Crippen LogP contribution >= 0.6 is 15.9 Å². The number of carbonyl (C=O) groups excluding carboxylic acids is 1. The molecule has 0 saturated carbocycles. The first-order chi connectivity index (χ1) is 8.70. The van der Waals surface area contributed by atoms with Gasteiger partial charge in [-0.15, -0.1) is 0 Å². The molecule has 0 heterocycles. The molecule has 5 nitrogen and oxygen atoms in total. The molecule has 0 atom stereocenters. The van der Waals surface area contributed by atoms with E-state index >= 15 is 0 Å². The Balaban J connectivity index is 3.04. The van der Waals surface area contributed by atoms with Gasteiger partial charge in [0.15, 0.2) is 5.84 Å². The molecule has 1 aromatic rings. The number of halogens is 2. The second-order valence-electron chi connectivity index (χ2n) is 4.65. The monoisotopic (exact) mass is 331 g/mol. The third-order valence-electron chi connectivity index (χ3n) is 2.83. The Kier molecular flexibility index (Phi) is 4.52. The predicted molar refractivity (Wildman–Crippen MR) is 74.7 cm³/mol. The van der Waals surface area contributed by atoms with Crippen LogP contribution in [0.25, 0.3) is 0 Å². The molecule has 19 heavy (non-hydrogen) atoms. The van der Waals surface area contributed by atoms with Gasteiger partial charge >= 0.3 is 0 Å². The number of benzene rings is 1. The van der Waals surface area contributed by atoms with Crippen molar-refractivity contribution in [2.45, 2.75) is 20.8 Å². The third-order valence-corrected chi connectivity index (χ3v) is 3.44. The average molecular weight is 332 g/mol. The van der Waals surface area contributed by atoms with Crippen molar-refractivity contribution in [3.63, 3.8) is 0 Å². The van der Waals surface area contributed by atoms with Crippen molar-refractivity contribution in [1.29, 1.82) is 0 Å². The minimum Gasteiger partial charge on any atom is -0.409 e. The number of nitrogens with one attached hydrogen (secondary N) is 1. The summed E-state index contributed by atoms with van der Waals surface area (Å²) in [5.41, 5.74) is 5.32. The molecule has 4 N–H and O–H groups in total. The van der Waals surface area contributed by atoms with Crippen molar-refractivity contribution in [1.82, 2.24) is 0 Å². The van der Waals surface area contributed by atoms with Crippen LogP contribution in [0, 0.1) is 18.2 Å². The number of amides is 1. The molecule has 0 aliphatic carbocycles. The summed E-state index contributed by atoms with van der Waals surface area (Å²) in [5, 5.41) is 14.1. The second kappa shape index (κ2) is 5.56. The first-order valence-electron chi connectivity index (χ1n) is 5.45. The van der Waals surface area contributed by atoms with E-state index in [-0.39, 0.29) is 10.3 Å². The van der Waals surface area contributed by atoms with E-state index in [0.29, 0.717) is 11.3 Å². The van der Waals surface area contributed by atoms with Gasteiger partial charge in [0.25, 0.3) is 0 Å². The van der Waals surface area contributed by atoms with Crippen LogP contribution in [0.3, 0.4) is 0 Å². The van der Waals surface area contributed by atoms with Gasteiger partial charge in [-0.3, -0.25) is 4.79 Å². The fourth-order valence-corrected chi connectivity index (χ4v) is 1.64. The van der Waals surface area contributed by atoms with E-state index in [1.165, 1.54) is 26.0 Å². The number of nitrogens with zero attached hydrogens (tertiary/aromatic N) is 1. The summed E-state index contributed by atoms with van der Waals surface area (Å²) in [5.74, 6) is -1.07. The second-order valence-corrected chi connectivity index (χ2v) is 5.50. The molecule has 0 bridgehead atoms. The zero-order valence-corrected chi connectivity index (χ0v) is 12.4. The van der Waals surface area contributed by atoms with E-state index in [1.807, 2.05) is 0 Å². The van der Waals surface area contributed by atoms with Gasteiger partial charge in [-0.2, -0.15) is 0 Å². The van der Waals surface area contributed by atoms with Gasteiger partial charge in [0.1, 0.15) is 11.2 Å². The smallest absolute Gasteiger partial charge is 0.237 e. The van der Waals surface area contributed by atoms with Crippen LogP contribution in [0.1, 0.15) is 19.4 Å². The van der Waals surface area contributed by atoms with Crippen molar-refractivity contribution < 1.29 is 14.4 Å². The SMILES string of the molecule is Cc1cc(F)c(Br)cc1NC(=O)C(C)(C)/C(N)=N/O. The van der Waals surface area contributed by atoms with Crippen LogP contribution in [0.5, 0.6) is 0 Å². The number of carbonyl (C=O) groups is 1. The van der Waals surface area contributed by atoms with Crippen molar-refractivity contribution in [3.05, 3.63) is 28.0 Å². The minimum absolute atomic E-state index is 0.205. The first kappa shape index (κ1) is 15.4. The number of oxime groups is 1. The molecular weight excluding hydrogens is 317 g/mol. The molecular formula is C12H15BrFN3O2. The minimum atomic E-state index is -1.18. The van der Waals surface area contributed by atoms with E-state index < -0.39 is 17.1 Å². The van der Waals surface area contributed by atoms with Gasteiger partial charge in [0, 0.05) is 5.69 Å². The number of hydrogen-bond donors (Lipinski definition) is 3. The molecule has 0 radical (unpaired) electrons. The van der Waals surface area contributed by atoms with Crippen molar-refractivity contribution in [2.24, 2.45) is 16.3 Å². The third kappa shape index (κ3) is 3.23. The molecule has 0 fully saturated rings. The topological polar surface area (TPSA) is 87.7 Å². The molecule has 1 amide bonds. The highest BCUT2D eigenvalue weighted by atomic mass is 79.9. The van der Waals surface area contributed by atoms with Gasteiger partial charge in [0.05, 0.1) is 4.47 Å². The maximum Gasteiger partial charge on any atom is 0.237 e. The summed E-state index contributed by atoms with van der Waals surface area (Å²) >= 11 is 3.05. The van der Waals surface area contributed by atoms with Crippen LogP contribution in [0.4, 0.5) is 10.1 Å². The van der Waals surface area contributed by atoms with Crippen LogP contribution in [-0.4, -0.2) is 17.0 Å². The normalized spacial score (nSPS) is 12.4. The first-order valence-corrected chi connectivity index (χ1v) is 6.24. The van der Waals surface area contributed by atoms with Gasteiger partial charge in [-0.05, 0) is 54.4 Å². The lowest BCUT2D eigenvalue weighted by molar-refractivity contribution is -0.121.